The smallest absolute Gasteiger partial charge is 0.411 e. The first kappa shape index (κ1) is 13.6. The van der Waals surface area contributed by atoms with Crippen molar-refractivity contribution < 1.29 is 9.53 Å². The Morgan fingerprint density at radius 1 is 1.16 bits per heavy atom. The number of benzene rings is 1. The summed E-state index contributed by atoms with van der Waals surface area (Å²) in [5, 5.41) is 3.12. The minimum absolute atomic E-state index is 0.0701. The van der Waals surface area contributed by atoms with Crippen LogP contribution in [0.1, 0.15) is 5.56 Å². The molecule has 0 unspecified atom stereocenters. The fraction of sp³-hybridized carbons (Fsp3) is 0.0769. The van der Waals surface area contributed by atoms with E-state index < -0.39 is 6.09 Å². The van der Waals surface area contributed by atoms with E-state index in [1.165, 1.54) is 0 Å². The number of ether oxygens (including phenoxy) is 1. The van der Waals surface area contributed by atoms with E-state index in [1.807, 2.05) is 18.2 Å². The molecule has 0 atom stereocenters. The lowest BCUT2D eigenvalue weighted by molar-refractivity contribution is 0.155. The predicted octanol–water partition coefficient (Wildman–Crippen LogP) is 4.14. The van der Waals surface area contributed by atoms with E-state index in [0.29, 0.717) is 11.3 Å². The number of hydrogen-bond donors (Lipinski definition) is 1. The van der Waals surface area contributed by atoms with Crippen LogP contribution in [0.25, 0.3) is 0 Å². The Morgan fingerprint density at radius 3 is 2.42 bits per heavy atom. The second kappa shape index (κ2) is 6.41. The molecule has 0 bridgehead atoms. The summed E-state index contributed by atoms with van der Waals surface area (Å²) in [5.74, 6) is 0. The van der Waals surface area contributed by atoms with Crippen molar-refractivity contribution in [3.8, 4) is 0 Å². The molecule has 0 aliphatic heterocycles. The van der Waals surface area contributed by atoms with Gasteiger partial charge in [0.15, 0.2) is 0 Å². The maximum absolute atomic E-state index is 11.5. The lowest BCUT2D eigenvalue weighted by Gasteiger charge is -2.07. The standard InChI is InChI=1S/C13H10Cl2N2O2/c14-11-6-9(7-12(15)17-11)8-19-13(18)16-10-4-2-1-3-5-10/h1-7H,8H2,(H,16,18). The van der Waals surface area contributed by atoms with Crippen molar-refractivity contribution in [3.05, 3.63) is 58.3 Å². The van der Waals surface area contributed by atoms with Gasteiger partial charge in [0.2, 0.25) is 0 Å². The van der Waals surface area contributed by atoms with Crippen LogP contribution in [0.15, 0.2) is 42.5 Å². The van der Waals surface area contributed by atoms with E-state index in [1.54, 1.807) is 24.3 Å². The van der Waals surface area contributed by atoms with Gasteiger partial charge in [-0.05, 0) is 29.8 Å². The Bertz CT molecular complexity index is 556. The Morgan fingerprint density at radius 2 is 1.79 bits per heavy atom. The molecule has 1 aromatic heterocycles. The summed E-state index contributed by atoms with van der Waals surface area (Å²) in [6, 6.07) is 12.2. The first-order valence-corrected chi connectivity index (χ1v) is 6.20. The number of anilines is 1. The van der Waals surface area contributed by atoms with Crippen molar-refractivity contribution in [1.29, 1.82) is 0 Å². The van der Waals surface area contributed by atoms with Gasteiger partial charge >= 0.3 is 6.09 Å². The fourth-order valence-corrected chi connectivity index (χ4v) is 1.93. The Labute approximate surface area is 120 Å². The summed E-state index contributed by atoms with van der Waals surface area (Å²) in [6.45, 7) is 0.0701. The summed E-state index contributed by atoms with van der Waals surface area (Å²) in [6.07, 6.45) is -0.546. The van der Waals surface area contributed by atoms with Crippen LogP contribution in [-0.4, -0.2) is 11.1 Å². The van der Waals surface area contributed by atoms with Gasteiger partial charge in [-0.3, -0.25) is 5.32 Å². The second-order valence-corrected chi connectivity index (χ2v) is 4.46. The molecule has 4 nitrogen and oxygen atoms in total. The van der Waals surface area contributed by atoms with Gasteiger partial charge in [-0.15, -0.1) is 0 Å². The van der Waals surface area contributed by atoms with Crippen molar-refractivity contribution in [1.82, 2.24) is 4.98 Å². The molecular formula is C13H10Cl2N2O2. The maximum Gasteiger partial charge on any atom is 0.411 e. The average molecular weight is 297 g/mol. The first-order chi connectivity index (χ1) is 9.13. The molecule has 0 spiro atoms. The van der Waals surface area contributed by atoms with Gasteiger partial charge < -0.3 is 4.74 Å². The summed E-state index contributed by atoms with van der Waals surface area (Å²) < 4.78 is 5.05. The molecular weight excluding hydrogens is 287 g/mol. The van der Waals surface area contributed by atoms with Crippen LogP contribution in [0, 0.1) is 0 Å². The molecule has 0 radical (unpaired) electrons. The molecule has 1 amide bonds. The summed E-state index contributed by atoms with van der Waals surface area (Å²) >= 11 is 11.5. The number of rotatable bonds is 3. The third-order valence-corrected chi connectivity index (χ3v) is 2.60. The van der Waals surface area contributed by atoms with Crippen LogP contribution in [-0.2, 0) is 11.3 Å². The van der Waals surface area contributed by atoms with E-state index in [9.17, 15) is 4.79 Å². The van der Waals surface area contributed by atoms with Crippen LogP contribution in [0.4, 0.5) is 10.5 Å². The normalized spacial score (nSPS) is 10.0. The number of nitrogens with zero attached hydrogens (tertiary/aromatic N) is 1. The van der Waals surface area contributed by atoms with Crippen molar-refractivity contribution in [2.75, 3.05) is 5.32 Å². The number of nitrogens with one attached hydrogen (secondary N) is 1. The molecule has 1 aromatic carbocycles. The monoisotopic (exact) mass is 296 g/mol. The van der Waals surface area contributed by atoms with Gasteiger partial charge in [0.05, 0.1) is 0 Å². The summed E-state index contributed by atoms with van der Waals surface area (Å²) in [4.78, 5) is 15.3. The highest BCUT2D eigenvalue weighted by molar-refractivity contribution is 6.32. The van der Waals surface area contributed by atoms with Crippen LogP contribution in [0.2, 0.25) is 10.3 Å². The third kappa shape index (κ3) is 4.43. The largest absolute Gasteiger partial charge is 0.444 e. The van der Waals surface area contributed by atoms with Crippen molar-refractivity contribution in [2.45, 2.75) is 6.61 Å². The number of para-hydroxylation sites is 1. The van der Waals surface area contributed by atoms with E-state index in [4.69, 9.17) is 27.9 Å². The molecule has 19 heavy (non-hydrogen) atoms. The van der Waals surface area contributed by atoms with E-state index in [-0.39, 0.29) is 16.9 Å². The first-order valence-electron chi connectivity index (χ1n) is 5.44. The van der Waals surface area contributed by atoms with E-state index >= 15 is 0 Å². The molecule has 1 N–H and O–H groups in total. The maximum atomic E-state index is 11.5. The lowest BCUT2D eigenvalue weighted by atomic mass is 10.3. The zero-order valence-electron chi connectivity index (χ0n) is 9.77. The Balaban J connectivity index is 1.90. The highest BCUT2D eigenvalue weighted by atomic mass is 35.5. The van der Waals surface area contributed by atoms with Gasteiger partial charge in [0.25, 0.3) is 0 Å². The minimum Gasteiger partial charge on any atom is -0.444 e. The number of amides is 1. The van der Waals surface area contributed by atoms with Crippen LogP contribution in [0.5, 0.6) is 0 Å². The molecule has 2 rings (SSSR count). The molecule has 2 aromatic rings. The van der Waals surface area contributed by atoms with Crippen molar-refractivity contribution in [2.24, 2.45) is 0 Å². The van der Waals surface area contributed by atoms with Gasteiger partial charge in [-0.25, -0.2) is 9.78 Å². The molecule has 0 aliphatic carbocycles. The van der Waals surface area contributed by atoms with Crippen molar-refractivity contribution in [3.63, 3.8) is 0 Å². The number of pyridine rings is 1. The topological polar surface area (TPSA) is 51.2 Å². The van der Waals surface area contributed by atoms with Crippen LogP contribution >= 0.6 is 23.2 Å². The van der Waals surface area contributed by atoms with Gasteiger partial charge in [-0.1, -0.05) is 41.4 Å². The molecule has 0 saturated heterocycles. The highest BCUT2D eigenvalue weighted by Crippen LogP contribution is 2.15. The van der Waals surface area contributed by atoms with Gasteiger partial charge in [-0.2, -0.15) is 0 Å². The zero-order valence-corrected chi connectivity index (χ0v) is 11.3. The highest BCUT2D eigenvalue weighted by Gasteiger charge is 2.05. The number of carbonyl (C=O) groups is 1. The van der Waals surface area contributed by atoms with E-state index in [0.717, 1.165) is 0 Å². The molecule has 6 heteroatoms. The molecule has 98 valence electrons. The number of halogens is 2. The molecule has 1 heterocycles. The summed E-state index contributed by atoms with van der Waals surface area (Å²) in [7, 11) is 0. The third-order valence-electron chi connectivity index (χ3n) is 2.21. The van der Waals surface area contributed by atoms with Crippen LogP contribution < -0.4 is 5.32 Å². The quantitative estimate of drug-likeness (QED) is 0.866. The van der Waals surface area contributed by atoms with Gasteiger partial charge in [0.1, 0.15) is 16.9 Å². The van der Waals surface area contributed by atoms with E-state index in [2.05, 4.69) is 10.3 Å². The molecule has 0 aliphatic rings. The Kier molecular flexibility index (Phi) is 4.60. The fourth-order valence-electron chi connectivity index (χ4n) is 1.42. The average Bonchev–Trinajstić information content (AvgIpc) is 2.36. The Hall–Kier alpha value is -1.78. The lowest BCUT2D eigenvalue weighted by Crippen LogP contribution is -2.13. The van der Waals surface area contributed by atoms with Gasteiger partial charge in [0, 0.05) is 5.69 Å². The van der Waals surface area contributed by atoms with Crippen molar-refractivity contribution >= 4 is 35.0 Å². The SMILES string of the molecule is O=C(Nc1ccccc1)OCc1cc(Cl)nc(Cl)c1. The second-order valence-electron chi connectivity index (χ2n) is 3.69. The zero-order chi connectivity index (χ0) is 13.7. The minimum atomic E-state index is -0.546. The predicted molar refractivity (Wildman–Crippen MR) is 74.5 cm³/mol. The van der Waals surface area contributed by atoms with Crippen LogP contribution in [0.3, 0.4) is 0 Å². The number of hydrogen-bond acceptors (Lipinski definition) is 3. The molecule has 0 fully saturated rings. The number of carbonyl (C=O) groups excluding carboxylic acids is 1. The summed E-state index contributed by atoms with van der Waals surface area (Å²) in [5.41, 5.74) is 1.34. The molecule has 0 saturated carbocycles. The number of aromatic nitrogens is 1.